The summed E-state index contributed by atoms with van der Waals surface area (Å²) >= 11 is 17.8. The van der Waals surface area contributed by atoms with Crippen LogP contribution in [0.15, 0.2) is 12.1 Å². The second-order valence-corrected chi connectivity index (χ2v) is 4.67. The van der Waals surface area contributed by atoms with Gasteiger partial charge in [-0.3, -0.25) is 9.63 Å². The van der Waals surface area contributed by atoms with Crippen molar-refractivity contribution in [2.45, 2.75) is 12.8 Å². The van der Waals surface area contributed by atoms with Crippen LogP contribution in [0.1, 0.15) is 12.0 Å². The van der Waals surface area contributed by atoms with Crippen molar-refractivity contribution >= 4 is 40.7 Å². The summed E-state index contributed by atoms with van der Waals surface area (Å²) in [5.41, 5.74) is 0.718. The van der Waals surface area contributed by atoms with Gasteiger partial charge in [-0.15, -0.1) is 0 Å². The van der Waals surface area contributed by atoms with E-state index in [9.17, 15) is 4.79 Å². The van der Waals surface area contributed by atoms with E-state index in [1.165, 1.54) is 7.11 Å². The highest BCUT2D eigenvalue weighted by atomic mass is 35.5. The molecule has 0 aromatic heterocycles. The summed E-state index contributed by atoms with van der Waals surface area (Å²) in [7, 11) is 2.98. The molecule has 94 valence electrons. The Balaban J connectivity index is 2.73. The number of benzene rings is 1. The maximum atomic E-state index is 11.5. The van der Waals surface area contributed by atoms with Crippen LogP contribution in [0.4, 0.5) is 0 Å². The van der Waals surface area contributed by atoms with E-state index < -0.39 is 0 Å². The van der Waals surface area contributed by atoms with Crippen LogP contribution in [0.3, 0.4) is 0 Å². The first-order valence-corrected chi connectivity index (χ1v) is 6.03. The van der Waals surface area contributed by atoms with Gasteiger partial charge in [-0.25, -0.2) is 5.06 Å². The molecule has 1 rings (SSSR count). The highest BCUT2D eigenvalue weighted by Crippen LogP contribution is 2.29. The van der Waals surface area contributed by atoms with Crippen molar-refractivity contribution in [1.29, 1.82) is 0 Å². The molecule has 1 aromatic carbocycles. The Morgan fingerprint density at radius 3 is 2.29 bits per heavy atom. The van der Waals surface area contributed by atoms with Crippen molar-refractivity contribution in [1.82, 2.24) is 5.06 Å². The van der Waals surface area contributed by atoms with Gasteiger partial charge in [-0.05, 0) is 24.1 Å². The van der Waals surface area contributed by atoms with E-state index in [1.807, 2.05) is 0 Å². The van der Waals surface area contributed by atoms with Gasteiger partial charge >= 0.3 is 0 Å². The zero-order valence-electron chi connectivity index (χ0n) is 9.47. The molecular formula is C11H12Cl3NO2. The minimum absolute atomic E-state index is 0.144. The topological polar surface area (TPSA) is 29.5 Å². The summed E-state index contributed by atoms with van der Waals surface area (Å²) in [6, 6.07) is 3.21. The quantitative estimate of drug-likeness (QED) is 0.795. The minimum Gasteiger partial charge on any atom is -0.275 e. The summed E-state index contributed by atoms with van der Waals surface area (Å²) in [6.45, 7) is 0. The van der Waals surface area contributed by atoms with E-state index in [2.05, 4.69) is 0 Å². The number of amides is 1. The fourth-order valence-electron chi connectivity index (χ4n) is 1.30. The number of halogens is 3. The van der Waals surface area contributed by atoms with Crippen LogP contribution in [0.5, 0.6) is 0 Å². The van der Waals surface area contributed by atoms with Crippen molar-refractivity contribution in [3.63, 3.8) is 0 Å². The number of rotatable bonds is 4. The van der Waals surface area contributed by atoms with Crippen molar-refractivity contribution in [2.75, 3.05) is 14.2 Å². The molecule has 17 heavy (non-hydrogen) atoms. The van der Waals surface area contributed by atoms with E-state index >= 15 is 0 Å². The lowest BCUT2D eigenvalue weighted by atomic mass is 10.1. The van der Waals surface area contributed by atoms with Gasteiger partial charge in [-0.1, -0.05) is 34.8 Å². The average Bonchev–Trinajstić information content (AvgIpc) is 2.26. The lowest BCUT2D eigenvalue weighted by Gasteiger charge is -2.14. The first-order valence-electron chi connectivity index (χ1n) is 4.89. The predicted octanol–water partition coefficient (Wildman–Crippen LogP) is 3.60. The Labute approximate surface area is 115 Å². The smallest absolute Gasteiger partial charge is 0.246 e. The molecule has 0 aliphatic heterocycles. The summed E-state index contributed by atoms with van der Waals surface area (Å²) in [4.78, 5) is 16.3. The van der Waals surface area contributed by atoms with Crippen LogP contribution >= 0.6 is 34.8 Å². The SMILES string of the molecule is CON(C)C(=O)CCc1c(Cl)cc(Cl)cc1Cl. The maximum absolute atomic E-state index is 11.5. The summed E-state index contributed by atoms with van der Waals surface area (Å²) in [5, 5.41) is 2.58. The van der Waals surface area contributed by atoms with Crippen molar-refractivity contribution < 1.29 is 9.63 Å². The van der Waals surface area contributed by atoms with Gasteiger partial charge in [0.15, 0.2) is 0 Å². The van der Waals surface area contributed by atoms with E-state index in [0.29, 0.717) is 21.5 Å². The van der Waals surface area contributed by atoms with E-state index in [0.717, 1.165) is 10.6 Å². The Hall–Kier alpha value is -0.480. The lowest BCUT2D eigenvalue weighted by molar-refractivity contribution is -0.168. The molecule has 6 heteroatoms. The van der Waals surface area contributed by atoms with Gasteiger partial charge in [0.25, 0.3) is 0 Å². The molecule has 0 atom stereocenters. The Kier molecular flexibility index (Phi) is 5.53. The molecule has 0 aliphatic carbocycles. The van der Waals surface area contributed by atoms with Crippen LogP contribution in [0.25, 0.3) is 0 Å². The van der Waals surface area contributed by atoms with Gasteiger partial charge in [-0.2, -0.15) is 0 Å². The predicted molar refractivity (Wildman–Crippen MR) is 69.6 cm³/mol. The monoisotopic (exact) mass is 295 g/mol. The van der Waals surface area contributed by atoms with Gasteiger partial charge in [0.1, 0.15) is 0 Å². The van der Waals surface area contributed by atoms with E-state index in [4.69, 9.17) is 39.6 Å². The van der Waals surface area contributed by atoms with Crippen LogP contribution in [0.2, 0.25) is 15.1 Å². The van der Waals surface area contributed by atoms with Crippen LogP contribution < -0.4 is 0 Å². The normalized spacial score (nSPS) is 10.4. The Bertz CT molecular complexity index is 400. The number of carbonyl (C=O) groups is 1. The van der Waals surface area contributed by atoms with Gasteiger partial charge < -0.3 is 0 Å². The summed E-state index contributed by atoms with van der Waals surface area (Å²) in [5.74, 6) is -0.144. The largest absolute Gasteiger partial charge is 0.275 e. The summed E-state index contributed by atoms with van der Waals surface area (Å²) in [6.07, 6.45) is 0.715. The molecule has 0 N–H and O–H groups in total. The van der Waals surface area contributed by atoms with Crippen LogP contribution in [-0.4, -0.2) is 25.1 Å². The van der Waals surface area contributed by atoms with Crippen molar-refractivity contribution in [3.8, 4) is 0 Å². The molecular weight excluding hydrogens is 284 g/mol. The van der Waals surface area contributed by atoms with Crippen LogP contribution in [-0.2, 0) is 16.1 Å². The molecule has 0 saturated carbocycles. The van der Waals surface area contributed by atoms with Gasteiger partial charge in [0, 0.05) is 28.5 Å². The molecule has 0 fully saturated rings. The fourth-order valence-corrected chi connectivity index (χ4v) is 2.31. The average molecular weight is 297 g/mol. The van der Waals surface area contributed by atoms with E-state index in [1.54, 1.807) is 19.2 Å². The molecule has 0 unspecified atom stereocenters. The third-order valence-corrected chi connectivity index (χ3v) is 3.21. The van der Waals surface area contributed by atoms with Crippen molar-refractivity contribution in [2.24, 2.45) is 0 Å². The zero-order chi connectivity index (χ0) is 13.0. The molecule has 0 saturated heterocycles. The van der Waals surface area contributed by atoms with Crippen molar-refractivity contribution in [3.05, 3.63) is 32.8 Å². The van der Waals surface area contributed by atoms with E-state index in [-0.39, 0.29) is 12.3 Å². The molecule has 0 radical (unpaired) electrons. The number of hydrogen-bond donors (Lipinski definition) is 0. The molecule has 0 bridgehead atoms. The molecule has 0 heterocycles. The number of carbonyl (C=O) groups excluding carboxylic acids is 1. The number of hydrogen-bond acceptors (Lipinski definition) is 2. The molecule has 1 aromatic rings. The van der Waals surface area contributed by atoms with Gasteiger partial charge in [0.05, 0.1) is 7.11 Å². The second-order valence-electron chi connectivity index (χ2n) is 3.42. The van der Waals surface area contributed by atoms with Crippen LogP contribution in [0, 0.1) is 0 Å². The third-order valence-electron chi connectivity index (χ3n) is 2.32. The molecule has 0 aliphatic rings. The fraction of sp³-hybridized carbons (Fsp3) is 0.364. The highest BCUT2D eigenvalue weighted by molar-refractivity contribution is 6.39. The lowest BCUT2D eigenvalue weighted by Crippen LogP contribution is -2.25. The van der Waals surface area contributed by atoms with Gasteiger partial charge in [0.2, 0.25) is 5.91 Å². The Morgan fingerprint density at radius 1 is 1.29 bits per heavy atom. The second kappa shape index (κ2) is 6.45. The first-order chi connectivity index (χ1) is 7.95. The molecule has 0 spiro atoms. The number of nitrogens with zero attached hydrogens (tertiary/aromatic N) is 1. The molecule has 3 nitrogen and oxygen atoms in total. The third kappa shape index (κ3) is 4.03. The molecule has 1 amide bonds. The highest BCUT2D eigenvalue weighted by Gasteiger charge is 2.12. The number of hydroxylamine groups is 2. The minimum atomic E-state index is -0.144. The standard InChI is InChI=1S/C11H12Cl3NO2/c1-15(17-2)11(16)4-3-8-9(13)5-7(12)6-10(8)14/h5-6H,3-4H2,1-2H3. The summed E-state index contributed by atoms with van der Waals surface area (Å²) < 4.78 is 0. The maximum Gasteiger partial charge on any atom is 0.246 e. The first kappa shape index (κ1) is 14.6. The zero-order valence-corrected chi connectivity index (χ0v) is 11.7. The Morgan fingerprint density at radius 2 is 1.82 bits per heavy atom.